The third-order valence-corrected chi connectivity index (χ3v) is 3.29. The van der Waals surface area contributed by atoms with Gasteiger partial charge in [0.2, 0.25) is 0 Å². The Labute approximate surface area is 116 Å². The van der Waals surface area contributed by atoms with E-state index in [0.29, 0.717) is 31.9 Å². The average molecular weight is 282 g/mol. The molecule has 1 aromatic heterocycles. The first-order valence-corrected chi connectivity index (χ1v) is 6.53. The average Bonchev–Trinajstić information content (AvgIpc) is 2.94. The quantitative estimate of drug-likeness (QED) is 0.786. The Hall–Kier alpha value is -2.12. The smallest absolute Gasteiger partial charge is 0.409 e. The van der Waals surface area contributed by atoms with Gasteiger partial charge < -0.3 is 19.1 Å². The molecular formula is C12H18N4O4. The lowest BCUT2D eigenvalue weighted by atomic mass is 10.2. The molecule has 110 valence electrons. The van der Waals surface area contributed by atoms with Gasteiger partial charge in [0.1, 0.15) is 0 Å². The number of carbonyl (C=O) groups is 2. The predicted molar refractivity (Wildman–Crippen MR) is 68.2 cm³/mol. The van der Waals surface area contributed by atoms with Gasteiger partial charge in [-0.2, -0.15) is 4.98 Å². The Balaban J connectivity index is 2.01. The van der Waals surface area contributed by atoms with Crippen LogP contribution in [0.3, 0.4) is 0 Å². The molecule has 2 heterocycles. The zero-order chi connectivity index (χ0) is 14.7. The number of nitrogens with zero attached hydrogens (tertiary/aromatic N) is 4. The minimum absolute atomic E-state index is 0.000526. The molecular weight excluding hydrogens is 264 g/mol. The number of hydrogen-bond acceptors (Lipinski definition) is 6. The van der Waals surface area contributed by atoms with Gasteiger partial charge in [-0.3, -0.25) is 4.79 Å². The van der Waals surface area contributed by atoms with E-state index in [-0.39, 0.29) is 23.9 Å². The topological polar surface area (TPSA) is 88.8 Å². The standard InChI is InChI=1S/C12H18N4O4/c1-4-9-13-10(20-14-9)11(17)15-5-6-16(8(2)7-15)12(18)19-3/h8H,4-7H2,1-3H3/t8-/m0/s1. The van der Waals surface area contributed by atoms with Crippen LogP contribution < -0.4 is 0 Å². The zero-order valence-electron chi connectivity index (χ0n) is 11.8. The molecule has 0 N–H and O–H groups in total. The summed E-state index contributed by atoms with van der Waals surface area (Å²) in [5, 5.41) is 3.71. The lowest BCUT2D eigenvalue weighted by Gasteiger charge is -2.38. The second kappa shape index (κ2) is 5.89. The SMILES string of the molecule is CCc1noc(C(=O)N2CCN(C(=O)OC)[C@@H](C)C2)n1. The van der Waals surface area contributed by atoms with Crippen LogP contribution in [-0.4, -0.2) is 64.7 Å². The maximum absolute atomic E-state index is 12.2. The van der Waals surface area contributed by atoms with E-state index in [0.717, 1.165) is 0 Å². The van der Waals surface area contributed by atoms with E-state index >= 15 is 0 Å². The van der Waals surface area contributed by atoms with Gasteiger partial charge in [-0.1, -0.05) is 12.1 Å². The highest BCUT2D eigenvalue weighted by Gasteiger charge is 2.32. The van der Waals surface area contributed by atoms with Crippen molar-refractivity contribution in [1.82, 2.24) is 19.9 Å². The maximum Gasteiger partial charge on any atom is 0.409 e. The van der Waals surface area contributed by atoms with Crippen molar-refractivity contribution in [2.24, 2.45) is 0 Å². The van der Waals surface area contributed by atoms with Crippen molar-refractivity contribution in [2.45, 2.75) is 26.3 Å². The van der Waals surface area contributed by atoms with Crippen LogP contribution in [0.25, 0.3) is 0 Å². The van der Waals surface area contributed by atoms with Crippen molar-refractivity contribution in [3.8, 4) is 0 Å². The summed E-state index contributed by atoms with van der Waals surface area (Å²) in [5.74, 6) is 0.212. The number of carbonyl (C=O) groups excluding carboxylic acids is 2. The van der Waals surface area contributed by atoms with Crippen molar-refractivity contribution < 1.29 is 18.8 Å². The lowest BCUT2D eigenvalue weighted by Crippen LogP contribution is -2.55. The minimum atomic E-state index is -0.379. The first-order chi connectivity index (χ1) is 9.56. The Kier molecular flexibility index (Phi) is 4.21. The minimum Gasteiger partial charge on any atom is -0.453 e. The van der Waals surface area contributed by atoms with Gasteiger partial charge in [-0.15, -0.1) is 0 Å². The van der Waals surface area contributed by atoms with Crippen molar-refractivity contribution in [2.75, 3.05) is 26.7 Å². The molecule has 0 saturated carbocycles. The number of hydrogen-bond donors (Lipinski definition) is 0. The molecule has 2 amide bonds. The Bertz CT molecular complexity index is 501. The van der Waals surface area contributed by atoms with Crippen LogP contribution >= 0.6 is 0 Å². The van der Waals surface area contributed by atoms with Crippen molar-refractivity contribution in [1.29, 1.82) is 0 Å². The van der Waals surface area contributed by atoms with Crippen LogP contribution in [0.15, 0.2) is 4.52 Å². The fraction of sp³-hybridized carbons (Fsp3) is 0.667. The fourth-order valence-corrected chi connectivity index (χ4v) is 2.15. The molecule has 0 aliphatic carbocycles. The van der Waals surface area contributed by atoms with Crippen molar-refractivity contribution >= 4 is 12.0 Å². The summed E-state index contributed by atoms with van der Waals surface area (Å²) in [4.78, 5) is 31.0. The second-order valence-electron chi connectivity index (χ2n) is 4.63. The van der Waals surface area contributed by atoms with E-state index < -0.39 is 0 Å². The Morgan fingerprint density at radius 2 is 2.20 bits per heavy atom. The molecule has 1 aliphatic heterocycles. The van der Waals surface area contributed by atoms with Crippen LogP contribution in [0.4, 0.5) is 4.79 Å². The summed E-state index contributed by atoms with van der Waals surface area (Å²) >= 11 is 0. The van der Waals surface area contributed by atoms with Crippen LogP contribution in [0.1, 0.15) is 30.4 Å². The normalized spacial score (nSPS) is 19.1. The molecule has 8 heteroatoms. The summed E-state index contributed by atoms with van der Waals surface area (Å²) in [7, 11) is 1.34. The first kappa shape index (κ1) is 14.3. The highest BCUT2D eigenvalue weighted by Crippen LogP contribution is 2.13. The third-order valence-electron chi connectivity index (χ3n) is 3.29. The molecule has 0 aromatic carbocycles. The summed E-state index contributed by atoms with van der Waals surface area (Å²) < 4.78 is 9.64. The molecule has 0 unspecified atom stereocenters. The van der Waals surface area contributed by atoms with Gasteiger partial charge in [-0.05, 0) is 6.92 Å². The molecule has 1 saturated heterocycles. The van der Waals surface area contributed by atoms with Gasteiger partial charge in [0.05, 0.1) is 7.11 Å². The molecule has 2 rings (SSSR count). The third kappa shape index (κ3) is 2.73. The summed E-state index contributed by atoms with van der Waals surface area (Å²) in [5.41, 5.74) is 0. The van der Waals surface area contributed by atoms with Crippen LogP contribution in [0.2, 0.25) is 0 Å². The molecule has 1 fully saturated rings. The van der Waals surface area contributed by atoms with E-state index in [1.165, 1.54) is 7.11 Å². The summed E-state index contributed by atoms with van der Waals surface area (Å²) in [6.45, 7) is 5.01. The van der Waals surface area contributed by atoms with Gasteiger partial charge in [0, 0.05) is 32.1 Å². The molecule has 0 radical (unpaired) electrons. The number of piperazine rings is 1. The van der Waals surface area contributed by atoms with E-state index in [1.807, 2.05) is 13.8 Å². The van der Waals surface area contributed by atoms with Crippen LogP contribution in [-0.2, 0) is 11.2 Å². The number of ether oxygens (including phenoxy) is 1. The highest BCUT2D eigenvalue weighted by molar-refractivity contribution is 5.89. The van der Waals surface area contributed by atoms with Crippen molar-refractivity contribution in [3.05, 3.63) is 11.7 Å². The largest absolute Gasteiger partial charge is 0.453 e. The van der Waals surface area contributed by atoms with Gasteiger partial charge in [0.25, 0.3) is 0 Å². The molecule has 0 bridgehead atoms. The molecule has 20 heavy (non-hydrogen) atoms. The molecule has 1 aliphatic rings. The van der Waals surface area contributed by atoms with Crippen molar-refractivity contribution in [3.63, 3.8) is 0 Å². The number of rotatable bonds is 2. The highest BCUT2D eigenvalue weighted by atomic mass is 16.5. The van der Waals surface area contributed by atoms with Gasteiger partial charge in [-0.25, -0.2) is 4.79 Å². The number of amides is 2. The van der Waals surface area contributed by atoms with E-state index in [1.54, 1.807) is 9.80 Å². The Morgan fingerprint density at radius 3 is 2.75 bits per heavy atom. The molecule has 1 aromatic rings. The monoisotopic (exact) mass is 282 g/mol. The number of aromatic nitrogens is 2. The molecule has 1 atom stereocenters. The first-order valence-electron chi connectivity index (χ1n) is 6.53. The predicted octanol–water partition coefficient (Wildman–Crippen LogP) is 0.545. The summed E-state index contributed by atoms with van der Waals surface area (Å²) in [6, 6.07) is -0.117. The van der Waals surface area contributed by atoms with Crippen LogP contribution in [0.5, 0.6) is 0 Å². The van der Waals surface area contributed by atoms with Crippen LogP contribution in [0, 0.1) is 0 Å². The molecule has 8 nitrogen and oxygen atoms in total. The second-order valence-corrected chi connectivity index (χ2v) is 4.63. The number of methoxy groups -OCH3 is 1. The van der Waals surface area contributed by atoms with E-state index in [9.17, 15) is 9.59 Å². The zero-order valence-corrected chi connectivity index (χ0v) is 11.8. The van der Waals surface area contributed by atoms with E-state index in [2.05, 4.69) is 10.1 Å². The maximum atomic E-state index is 12.2. The van der Waals surface area contributed by atoms with Gasteiger partial charge >= 0.3 is 17.9 Å². The Morgan fingerprint density at radius 1 is 1.45 bits per heavy atom. The van der Waals surface area contributed by atoms with Gasteiger partial charge in [0.15, 0.2) is 5.82 Å². The number of aryl methyl sites for hydroxylation is 1. The lowest BCUT2D eigenvalue weighted by molar-refractivity contribution is 0.0432. The molecule has 0 spiro atoms. The fourth-order valence-electron chi connectivity index (χ4n) is 2.15. The van der Waals surface area contributed by atoms with E-state index in [4.69, 9.17) is 9.26 Å². The summed E-state index contributed by atoms with van der Waals surface area (Å²) in [6.07, 6.45) is 0.235.